The van der Waals surface area contributed by atoms with E-state index in [1.807, 2.05) is 6.07 Å². The van der Waals surface area contributed by atoms with Crippen molar-refractivity contribution in [2.75, 3.05) is 0 Å². The van der Waals surface area contributed by atoms with E-state index in [9.17, 15) is 13.2 Å². The highest BCUT2D eigenvalue weighted by molar-refractivity contribution is 9.18. The molecule has 4 rings (SSSR count). The molecule has 0 N–H and O–H groups in total. The molecule has 0 saturated heterocycles. The maximum atomic E-state index is 12.9. The molecule has 0 unspecified atom stereocenters. The van der Waals surface area contributed by atoms with Crippen LogP contribution in [0.5, 0.6) is 11.5 Å². The van der Waals surface area contributed by atoms with E-state index in [0.717, 1.165) is 22.4 Å². The third kappa shape index (κ3) is 3.41. The minimum Gasteiger partial charge on any atom is -0.456 e. The van der Waals surface area contributed by atoms with Gasteiger partial charge in [0.2, 0.25) is 0 Å². The van der Waals surface area contributed by atoms with E-state index in [-0.39, 0.29) is 11.9 Å². The monoisotopic (exact) mass is 442 g/mol. The van der Waals surface area contributed by atoms with E-state index >= 15 is 0 Å². The van der Waals surface area contributed by atoms with Gasteiger partial charge in [0.25, 0.3) is 0 Å². The molecule has 0 spiro atoms. The van der Waals surface area contributed by atoms with Crippen molar-refractivity contribution >= 4 is 42.1 Å². The van der Waals surface area contributed by atoms with Gasteiger partial charge in [-0.3, -0.25) is 0 Å². The first-order valence-electron chi connectivity index (χ1n) is 7.50. The molecule has 26 heavy (non-hydrogen) atoms. The average Bonchev–Trinajstić information content (AvgIpc) is 3.23. The maximum absolute atomic E-state index is 12.9. The van der Waals surface area contributed by atoms with Gasteiger partial charge in [-0.15, -0.1) is 11.3 Å². The van der Waals surface area contributed by atoms with Gasteiger partial charge in [-0.25, -0.2) is 4.98 Å². The van der Waals surface area contributed by atoms with Crippen LogP contribution in [0.15, 0.2) is 47.1 Å². The number of hydrogen-bond donors (Lipinski definition) is 0. The molecule has 134 valence electrons. The second kappa shape index (κ2) is 6.55. The van der Waals surface area contributed by atoms with E-state index in [1.54, 1.807) is 11.6 Å². The number of ether oxygens (including phenoxy) is 1. The van der Waals surface area contributed by atoms with E-state index in [0.29, 0.717) is 22.3 Å². The molecule has 0 amide bonds. The van der Waals surface area contributed by atoms with E-state index in [1.165, 1.54) is 23.5 Å². The van der Waals surface area contributed by atoms with Crippen molar-refractivity contribution < 1.29 is 22.7 Å². The molecule has 0 fully saturated rings. The number of rotatable bonds is 3. The first-order valence-corrected chi connectivity index (χ1v) is 9.18. The van der Waals surface area contributed by atoms with E-state index in [2.05, 4.69) is 26.1 Å². The first kappa shape index (κ1) is 17.3. The lowest BCUT2D eigenvalue weighted by molar-refractivity contribution is -0.137. The van der Waals surface area contributed by atoms with Gasteiger partial charge in [-0.05, 0) is 46.3 Å². The number of hydrogen-bond acceptors (Lipinski definition) is 5. The molecule has 1 atom stereocenters. The Balaban J connectivity index is 1.71. The van der Waals surface area contributed by atoms with Gasteiger partial charge in [0.1, 0.15) is 16.1 Å². The highest BCUT2D eigenvalue weighted by Crippen LogP contribution is 2.39. The van der Waals surface area contributed by atoms with Crippen LogP contribution in [0.4, 0.5) is 13.2 Å². The molecule has 1 aliphatic heterocycles. The molecule has 0 aliphatic carbocycles. The molecule has 2 aromatic carbocycles. The minimum absolute atomic E-state index is 0.108. The Morgan fingerprint density at radius 2 is 2.08 bits per heavy atom. The van der Waals surface area contributed by atoms with E-state index in [4.69, 9.17) is 9.57 Å². The molecule has 2 heterocycles. The Morgan fingerprint density at radius 3 is 2.81 bits per heavy atom. The van der Waals surface area contributed by atoms with Crippen LogP contribution < -0.4 is 4.74 Å². The van der Waals surface area contributed by atoms with Crippen molar-refractivity contribution in [2.45, 2.75) is 18.7 Å². The Kier molecular flexibility index (Phi) is 4.36. The molecule has 0 radical (unpaired) electrons. The summed E-state index contributed by atoms with van der Waals surface area (Å²) in [6.45, 7) is 0. The van der Waals surface area contributed by atoms with Crippen LogP contribution in [0.25, 0.3) is 10.2 Å². The van der Waals surface area contributed by atoms with Crippen molar-refractivity contribution in [3.63, 3.8) is 0 Å². The molecular weight excluding hydrogens is 433 g/mol. The predicted octanol–water partition coefficient (Wildman–Crippen LogP) is 6.28. The summed E-state index contributed by atoms with van der Waals surface area (Å²) in [6, 6.07) is 8.42. The highest BCUT2D eigenvalue weighted by atomic mass is 79.9. The van der Waals surface area contributed by atoms with Crippen molar-refractivity contribution in [1.29, 1.82) is 0 Å². The third-order valence-electron chi connectivity index (χ3n) is 3.81. The van der Waals surface area contributed by atoms with Gasteiger partial charge in [-0.2, -0.15) is 13.2 Å². The number of thiazole rings is 1. The van der Waals surface area contributed by atoms with Crippen molar-refractivity contribution in [2.24, 2.45) is 5.16 Å². The standard InChI is InChI=1S/C17H10BrF3N2O2S/c18-15-7-13(25-23-15)9-4-12-16(26-8-22-12)14(5-9)24-11-3-1-2-10(6-11)17(19,20)21/h1-6,8,13H,7H2/t13-/m1/s1. The molecule has 4 nitrogen and oxygen atoms in total. The quantitative estimate of drug-likeness (QED) is 0.479. The smallest absolute Gasteiger partial charge is 0.416 e. The van der Waals surface area contributed by atoms with Crippen LogP contribution in [-0.4, -0.2) is 9.60 Å². The van der Waals surface area contributed by atoms with Crippen LogP contribution in [0.1, 0.15) is 23.7 Å². The van der Waals surface area contributed by atoms with Crippen LogP contribution in [0.2, 0.25) is 0 Å². The first-order chi connectivity index (χ1) is 12.4. The number of aromatic nitrogens is 1. The number of alkyl halides is 3. The lowest BCUT2D eigenvalue weighted by Gasteiger charge is -2.13. The SMILES string of the molecule is FC(F)(F)c1cccc(Oc2cc([C@H]3CC(Br)=NO3)cc3ncsc23)c1. The Bertz CT molecular complexity index is 1000. The zero-order valence-corrected chi connectivity index (χ0v) is 15.4. The summed E-state index contributed by atoms with van der Waals surface area (Å²) in [5, 5.41) is 3.86. The second-order valence-electron chi connectivity index (χ2n) is 5.61. The summed E-state index contributed by atoms with van der Waals surface area (Å²) in [5.41, 5.74) is 2.39. The van der Waals surface area contributed by atoms with Gasteiger partial charge >= 0.3 is 6.18 Å². The minimum atomic E-state index is -4.43. The Hall–Kier alpha value is -2.13. The molecule has 3 aromatic rings. The molecule has 1 aromatic heterocycles. The molecule has 0 bridgehead atoms. The lowest BCUT2D eigenvalue weighted by Crippen LogP contribution is -2.04. The summed E-state index contributed by atoms with van der Waals surface area (Å²) >= 11 is 4.65. The normalized spacial score (nSPS) is 17.2. The van der Waals surface area contributed by atoms with Gasteiger partial charge in [-0.1, -0.05) is 11.2 Å². The van der Waals surface area contributed by atoms with Gasteiger partial charge in [0.05, 0.1) is 21.3 Å². The summed E-state index contributed by atoms with van der Waals surface area (Å²) in [6.07, 6.45) is -4.15. The van der Waals surface area contributed by atoms with Gasteiger partial charge in [0.15, 0.2) is 6.10 Å². The lowest BCUT2D eigenvalue weighted by atomic mass is 10.1. The fourth-order valence-corrected chi connectivity index (χ4v) is 3.71. The molecule has 1 aliphatic rings. The second-order valence-corrected chi connectivity index (χ2v) is 7.38. The predicted molar refractivity (Wildman–Crippen MR) is 95.9 cm³/mol. The van der Waals surface area contributed by atoms with Crippen molar-refractivity contribution in [3.05, 3.63) is 53.0 Å². The molecular formula is C17H10BrF3N2O2S. The fraction of sp³-hybridized carbons (Fsp3) is 0.176. The Morgan fingerprint density at radius 1 is 1.23 bits per heavy atom. The number of halogens is 4. The maximum Gasteiger partial charge on any atom is 0.416 e. The summed E-state index contributed by atoms with van der Waals surface area (Å²) < 4.78 is 46.0. The molecule has 0 saturated carbocycles. The summed E-state index contributed by atoms with van der Waals surface area (Å²) in [5.74, 6) is 0.544. The van der Waals surface area contributed by atoms with Crippen molar-refractivity contribution in [1.82, 2.24) is 4.98 Å². The van der Waals surface area contributed by atoms with Crippen LogP contribution in [-0.2, 0) is 11.0 Å². The van der Waals surface area contributed by atoms with Crippen LogP contribution in [0.3, 0.4) is 0 Å². The zero-order valence-electron chi connectivity index (χ0n) is 13.0. The van der Waals surface area contributed by atoms with Crippen molar-refractivity contribution in [3.8, 4) is 11.5 Å². The van der Waals surface area contributed by atoms with Crippen LogP contribution in [0, 0.1) is 0 Å². The number of oxime groups is 1. The number of nitrogens with zero attached hydrogens (tertiary/aromatic N) is 2. The largest absolute Gasteiger partial charge is 0.456 e. The topological polar surface area (TPSA) is 43.7 Å². The third-order valence-corrected chi connectivity index (χ3v) is 5.14. The van der Waals surface area contributed by atoms with Gasteiger partial charge < -0.3 is 9.57 Å². The Labute approximate surface area is 158 Å². The van der Waals surface area contributed by atoms with Gasteiger partial charge in [0, 0.05) is 12.0 Å². The van der Waals surface area contributed by atoms with Crippen LogP contribution >= 0.6 is 27.3 Å². The summed E-state index contributed by atoms with van der Waals surface area (Å²) in [7, 11) is 0. The fourth-order valence-electron chi connectivity index (χ4n) is 2.61. The zero-order chi connectivity index (χ0) is 18.3. The number of benzene rings is 2. The number of fused-ring (bicyclic) bond motifs is 1. The summed E-state index contributed by atoms with van der Waals surface area (Å²) in [4.78, 5) is 9.64. The van der Waals surface area contributed by atoms with E-state index < -0.39 is 11.7 Å². The average molecular weight is 443 g/mol. The highest BCUT2D eigenvalue weighted by Gasteiger charge is 2.31. The molecule has 9 heteroatoms.